The zero-order valence-electron chi connectivity index (χ0n) is 11.1. The molecule has 0 aliphatic rings. The molecular weight excluding hydrogens is 286 g/mol. The zero-order valence-corrected chi connectivity index (χ0v) is 11.1. The summed E-state index contributed by atoms with van der Waals surface area (Å²) in [5.41, 5.74) is 7.48. The minimum absolute atomic E-state index is 0.282. The molecule has 0 saturated heterocycles. The molecule has 2 aromatic rings. The molecule has 0 aliphatic carbocycles. The van der Waals surface area contributed by atoms with Gasteiger partial charge in [-0.1, -0.05) is 24.3 Å². The van der Waals surface area contributed by atoms with Crippen molar-refractivity contribution in [3.8, 4) is 5.75 Å². The summed E-state index contributed by atoms with van der Waals surface area (Å²) < 4.78 is 53.8. The Balaban J connectivity index is 2.22. The number of hydrogen-bond acceptors (Lipinski definition) is 2. The van der Waals surface area contributed by atoms with E-state index < -0.39 is 18.2 Å². The standard InChI is InChI=1S/C15H13F4NO/c1-9-2-7-12(13(16)8-9)14(20)10-3-5-11(6-4-10)21-15(17,18)19/h2-8,14H,20H2,1H3/t14-/m1/s1. The molecule has 2 nitrogen and oxygen atoms in total. The van der Waals surface area contributed by atoms with Crippen molar-refractivity contribution in [2.45, 2.75) is 19.3 Å². The minimum atomic E-state index is -4.74. The van der Waals surface area contributed by atoms with Crippen LogP contribution in [-0.2, 0) is 0 Å². The fourth-order valence-corrected chi connectivity index (χ4v) is 1.94. The van der Waals surface area contributed by atoms with Crippen LogP contribution in [0.1, 0.15) is 22.7 Å². The van der Waals surface area contributed by atoms with Gasteiger partial charge in [-0.25, -0.2) is 4.39 Å². The predicted molar refractivity (Wildman–Crippen MR) is 70.3 cm³/mol. The fourth-order valence-electron chi connectivity index (χ4n) is 1.94. The first-order valence-electron chi connectivity index (χ1n) is 6.13. The van der Waals surface area contributed by atoms with Crippen LogP contribution in [0, 0.1) is 12.7 Å². The van der Waals surface area contributed by atoms with Gasteiger partial charge in [-0.05, 0) is 36.2 Å². The molecule has 2 aromatic carbocycles. The lowest BCUT2D eigenvalue weighted by Crippen LogP contribution is -2.17. The van der Waals surface area contributed by atoms with E-state index in [1.54, 1.807) is 19.1 Å². The Morgan fingerprint density at radius 3 is 2.19 bits per heavy atom. The van der Waals surface area contributed by atoms with E-state index in [2.05, 4.69) is 4.74 Å². The van der Waals surface area contributed by atoms with Crippen LogP contribution >= 0.6 is 0 Å². The molecule has 0 unspecified atom stereocenters. The van der Waals surface area contributed by atoms with Gasteiger partial charge in [0.05, 0.1) is 6.04 Å². The predicted octanol–water partition coefficient (Wildman–Crippen LogP) is 4.08. The Kier molecular flexibility index (Phi) is 4.18. The Hall–Kier alpha value is -2.08. The Labute approximate surface area is 119 Å². The second-order valence-electron chi connectivity index (χ2n) is 4.62. The van der Waals surface area contributed by atoms with Crippen molar-refractivity contribution in [1.29, 1.82) is 0 Å². The van der Waals surface area contributed by atoms with Crippen LogP contribution in [0.2, 0.25) is 0 Å². The third-order valence-corrected chi connectivity index (χ3v) is 2.96. The number of halogens is 4. The van der Waals surface area contributed by atoms with Crippen LogP contribution in [0.15, 0.2) is 42.5 Å². The van der Waals surface area contributed by atoms with E-state index in [4.69, 9.17) is 5.73 Å². The van der Waals surface area contributed by atoms with E-state index in [1.165, 1.54) is 18.2 Å². The van der Waals surface area contributed by atoms with Gasteiger partial charge in [0.25, 0.3) is 0 Å². The summed E-state index contributed by atoms with van der Waals surface area (Å²) >= 11 is 0. The molecule has 0 aliphatic heterocycles. The van der Waals surface area contributed by atoms with E-state index >= 15 is 0 Å². The molecule has 0 amide bonds. The summed E-state index contributed by atoms with van der Waals surface area (Å²) in [5.74, 6) is -0.791. The van der Waals surface area contributed by atoms with Gasteiger partial charge in [-0.2, -0.15) is 0 Å². The molecule has 2 N–H and O–H groups in total. The molecule has 21 heavy (non-hydrogen) atoms. The molecule has 0 fully saturated rings. The highest BCUT2D eigenvalue weighted by molar-refractivity contribution is 5.36. The maximum Gasteiger partial charge on any atom is 0.573 e. The Morgan fingerprint density at radius 2 is 1.67 bits per heavy atom. The molecule has 2 rings (SSSR count). The third-order valence-electron chi connectivity index (χ3n) is 2.96. The van der Waals surface area contributed by atoms with E-state index in [0.717, 1.165) is 17.7 Å². The number of aryl methyl sites for hydroxylation is 1. The zero-order chi connectivity index (χ0) is 15.6. The molecule has 1 atom stereocenters. The highest BCUT2D eigenvalue weighted by atomic mass is 19.4. The van der Waals surface area contributed by atoms with E-state index in [0.29, 0.717) is 5.56 Å². The summed E-state index contributed by atoms with van der Waals surface area (Å²) in [7, 11) is 0. The number of alkyl halides is 3. The van der Waals surface area contributed by atoms with Crippen molar-refractivity contribution in [2.24, 2.45) is 5.73 Å². The quantitative estimate of drug-likeness (QED) is 0.867. The number of rotatable bonds is 3. The summed E-state index contributed by atoms with van der Waals surface area (Å²) in [5, 5.41) is 0. The van der Waals surface area contributed by atoms with Crippen LogP contribution in [0.5, 0.6) is 5.75 Å². The van der Waals surface area contributed by atoms with Crippen molar-refractivity contribution in [3.05, 3.63) is 65.0 Å². The monoisotopic (exact) mass is 299 g/mol. The van der Waals surface area contributed by atoms with Gasteiger partial charge in [0.1, 0.15) is 11.6 Å². The van der Waals surface area contributed by atoms with Gasteiger partial charge < -0.3 is 10.5 Å². The van der Waals surface area contributed by atoms with Gasteiger partial charge in [-0.3, -0.25) is 0 Å². The summed E-state index contributed by atoms with van der Waals surface area (Å²) in [6.45, 7) is 1.75. The lowest BCUT2D eigenvalue weighted by molar-refractivity contribution is -0.274. The number of benzene rings is 2. The van der Waals surface area contributed by atoms with Crippen molar-refractivity contribution >= 4 is 0 Å². The molecule has 0 heterocycles. The van der Waals surface area contributed by atoms with Gasteiger partial charge in [0.15, 0.2) is 0 Å². The Bertz CT molecular complexity index is 623. The first-order chi connectivity index (χ1) is 9.76. The second kappa shape index (κ2) is 5.73. The molecule has 0 bridgehead atoms. The SMILES string of the molecule is Cc1ccc([C@H](N)c2ccc(OC(F)(F)F)cc2)c(F)c1. The van der Waals surface area contributed by atoms with Gasteiger partial charge in [0, 0.05) is 5.56 Å². The molecule has 0 saturated carbocycles. The molecule has 112 valence electrons. The van der Waals surface area contributed by atoms with Crippen molar-refractivity contribution < 1.29 is 22.3 Å². The van der Waals surface area contributed by atoms with Crippen LogP contribution in [0.4, 0.5) is 17.6 Å². The van der Waals surface area contributed by atoms with Crippen LogP contribution in [-0.4, -0.2) is 6.36 Å². The van der Waals surface area contributed by atoms with Crippen molar-refractivity contribution in [2.75, 3.05) is 0 Å². The first-order valence-corrected chi connectivity index (χ1v) is 6.13. The summed E-state index contributed by atoms with van der Waals surface area (Å²) in [4.78, 5) is 0. The maximum atomic E-state index is 13.8. The minimum Gasteiger partial charge on any atom is -0.406 e. The number of ether oxygens (including phenoxy) is 1. The van der Waals surface area contributed by atoms with Crippen molar-refractivity contribution in [1.82, 2.24) is 0 Å². The van der Waals surface area contributed by atoms with Crippen molar-refractivity contribution in [3.63, 3.8) is 0 Å². The summed E-state index contributed by atoms with van der Waals surface area (Å²) in [6.07, 6.45) is -4.74. The topological polar surface area (TPSA) is 35.2 Å². The highest BCUT2D eigenvalue weighted by Gasteiger charge is 2.31. The summed E-state index contributed by atoms with van der Waals surface area (Å²) in [6, 6.07) is 8.94. The van der Waals surface area contributed by atoms with E-state index in [-0.39, 0.29) is 11.3 Å². The fraction of sp³-hybridized carbons (Fsp3) is 0.200. The number of nitrogens with two attached hydrogens (primary N) is 1. The van der Waals surface area contributed by atoms with Crippen LogP contribution in [0.3, 0.4) is 0 Å². The smallest absolute Gasteiger partial charge is 0.406 e. The normalized spacial score (nSPS) is 13.0. The largest absolute Gasteiger partial charge is 0.573 e. The van der Waals surface area contributed by atoms with E-state index in [9.17, 15) is 17.6 Å². The highest BCUT2D eigenvalue weighted by Crippen LogP contribution is 2.27. The third kappa shape index (κ3) is 3.95. The average Bonchev–Trinajstić information content (AvgIpc) is 2.37. The second-order valence-corrected chi connectivity index (χ2v) is 4.62. The number of hydrogen-bond donors (Lipinski definition) is 1. The van der Waals surface area contributed by atoms with Gasteiger partial charge in [-0.15, -0.1) is 13.2 Å². The molecule has 0 radical (unpaired) electrons. The first kappa shape index (κ1) is 15.3. The van der Waals surface area contributed by atoms with Crippen LogP contribution < -0.4 is 10.5 Å². The molecule has 6 heteroatoms. The molecule has 0 aromatic heterocycles. The molecular formula is C15H13F4NO. The van der Waals surface area contributed by atoms with Crippen LogP contribution in [0.25, 0.3) is 0 Å². The molecule has 0 spiro atoms. The lowest BCUT2D eigenvalue weighted by atomic mass is 9.98. The Morgan fingerprint density at radius 1 is 1.05 bits per heavy atom. The van der Waals surface area contributed by atoms with Gasteiger partial charge >= 0.3 is 6.36 Å². The maximum absolute atomic E-state index is 13.8. The van der Waals surface area contributed by atoms with Gasteiger partial charge in [0.2, 0.25) is 0 Å². The average molecular weight is 299 g/mol. The van der Waals surface area contributed by atoms with E-state index in [1.807, 2.05) is 0 Å². The lowest BCUT2D eigenvalue weighted by Gasteiger charge is -2.15.